The van der Waals surface area contributed by atoms with Crippen molar-refractivity contribution in [1.82, 2.24) is 15.5 Å². The lowest BCUT2D eigenvalue weighted by Gasteiger charge is -2.35. The van der Waals surface area contributed by atoms with E-state index in [9.17, 15) is 24.3 Å². The van der Waals surface area contributed by atoms with Gasteiger partial charge in [-0.25, -0.2) is 4.79 Å². The quantitative estimate of drug-likeness (QED) is 0.413. The van der Waals surface area contributed by atoms with Gasteiger partial charge in [-0.2, -0.15) is 0 Å². The summed E-state index contributed by atoms with van der Waals surface area (Å²) in [6.45, 7) is 13.4. The summed E-state index contributed by atoms with van der Waals surface area (Å²) in [4.78, 5) is 52.4. The average molecular weight is 493 g/mol. The van der Waals surface area contributed by atoms with E-state index in [0.717, 1.165) is 16.0 Å². The smallest absolute Gasteiger partial charge is 0.408 e. The van der Waals surface area contributed by atoms with Gasteiger partial charge in [-0.15, -0.1) is 0 Å². The van der Waals surface area contributed by atoms with Crippen LogP contribution in [0.2, 0.25) is 0 Å². The van der Waals surface area contributed by atoms with Crippen LogP contribution in [-0.2, 0) is 19.1 Å². The molecule has 1 rings (SSSR count). The molecule has 2 unspecified atom stereocenters. The van der Waals surface area contributed by atoms with Crippen molar-refractivity contribution in [2.45, 2.75) is 85.0 Å². The molecule has 0 fully saturated rings. The molecule has 0 saturated carbocycles. The first-order chi connectivity index (χ1) is 15.9. The van der Waals surface area contributed by atoms with Gasteiger partial charge in [-0.05, 0) is 61.0 Å². The summed E-state index contributed by atoms with van der Waals surface area (Å²) in [6, 6.07) is 2.96. The van der Waals surface area contributed by atoms with Crippen LogP contribution in [0, 0.1) is 13.8 Å². The lowest BCUT2D eigenvalue weighted by Crippen LogP contribution is -2.56. The first-order valence-electron chi connectivity index (χ1n) is 11.5. The summed E-state index contributed by atoms with van der Waals surface area (Å²) in [7, 11) is 0. The van der Waals surface area contributed by atoms with Crippen LogP contribution in [-0.4, -0.2) is 64.2 Å². The fraction of sp³-hybridized carbons (Fsp3) is 0.600. The second kappa shape index (κ2) is 12.0. The molecule has 1 aromatic rings. The van der Waals surface area contributed by atoms with Crippen LogP contribution in [0.3, 0.4) is 0 Å². The molecule has 196 valence electrons. The molecule has 0 aliphatic rings. The van der Waals surface area contributed by atoms with Crippen LogP contribution < -0.4 is 16.4 Å². The molecule has 4 amide bonds. The number of aliphatic hydroxyl groups is 1. The van der Waals surface area contributed by atoms with Crippen molar-refractivity contribution in [2.24, 2.45) is 5.73 Å². The molecule has 0 saturated heterocycles. The topological polar surface area (TPSA) is 151 Å². The van der Waals surface area contributed by atoms with E-state index < -0.39 is 60.1 Å². The molecule has 1 aromatic carbocycles. The zero-order valence-corrected chi connectivity index (χ0v) is 22.0. The largest absolute Gasteiger partial charge is 0.444 e. The number of carbonyl (C=O) groups is 4. The fourth-order valence-electron chi connectivity index (χ4n) is 3.60. The maximum atomic E-state index is 13.7. The van der Waals surface area contributed by atoms with E-state index in [1.807, 2.05) is 40.7 Å². The van der Waals surface area contributed by atoms with Crippen LogP contribution in [0.1, 0.15) is 70.7 Å². The number of hydrogen-bond acceptors (Lipinski definition) is 6. The molecule has 0 heterocycles. The van der Waals surface area contributed by atoms with Crippen molar-refractivity contribution in [2.75, 3.05) is 13.2 Å². The van der Waals surface area contributed by atoms with Crippen molar-refractivity contribution in [1.29, 1.82) is 0 Å². The Kier molecular flexibility index (Phi) is 10.3. The average Bonchev–Trinajstić information content (AvgIpc) is 2.62. The number of alkyl carbamates (subject to hydrolysis) is 1. The third-order valence-corrected chi connectivity index (χ3v) is 4.64. The lowest BCUT2D eigenvalue weighted by molar-refractivity contribution is -0.144. The summed E-state index contributed by atoms with van der Waals surface area (Å²) in [5.41, 5.74) is 6.19. The molecule has 2 atom stereocenters. The van der Waals surface area contributed by atoms with E-state index in [-0.39, 0.29) is 6.54 Å². The predicted octanol–water partition coefficient (Wildman–Crippen LogP) is 1.85. The van der Waals surface area contributed by atoms with E-state index in [2.05, 4.69) is 10.6 Å². The van der Waals surface area contributed by atoms with Crippen molar-refractivity contribution in [3.63, 3.8) is 0 Å². The molecule has 0 spiro atoms. The van der Waals surface area contributed by atoms with Crippen LogP contribution in [0.5, 0.6) is 0 Å². The zero-order valence-electron chi connectivity index (χ0n) is 22.0. The Bertz CT molecular complexity index is 913. The SMILES string of the molecule is Cc1cc(C)cc(C(C(=O)NC(C)(C)C)N(CCO)C(=O)C(CC(N)=O)NC(=O)OC(C)(C)C)c1. The minimum absolute atomic E-state index is 0.223. The summed E-state index contributed by atoms with van der Waals surface area (Å²) in [5, 5.41) is 15.1. The molecule has 10 heteroatoms. The highest BCUT2D eigenvalue weighted by atomic mass is 16.6. The summed E-state index contributed by atoms with van der Waals surface area (Å²) >= 11 is 0. The van der Waals surface area contributed by atoms with Crippen LogP contribution in [0.15, 0.2) is 18.2 Å². The maximum Gasteiger partial charge on any atom is 0.408 e. The Labute approximate surface area is 207 Å². The van der Waals surface area contributed by atoms with Crippen LogP contribution in [0.4, 0.5) is 4.79 Å². The highest BCUT2D eigenvalue weighted by Gasteiger charge is 2.37. The Morgan fingerprint density at radius 1 is 1.03 bits per heavy atom. The number of benzene rings is 1. The highest BCUT2D eigenvalue weighted by Crippen LogP contribution is 2.26. The van der Waals surface area contributed by atoms with Gasteiger partial charge in [0.15, 0.2) is 0 Å². The van der Waals surface area contributed by atoms with Gasteiger partial charge in [-0.3, -0.25) is 14.4 Å². The van der Waals surface area contributed by atoms with Gasteiger partial charge in [0.05, 0.1) is 13.0 Å². The Morgan fingerprint density at radius 3 is 2.00 bits per heavy atom. The first-order valence-corrected chi connectivity index (χ1v) is 11.5. The number of nitrogens with zero attached hydrogens (tertiary/aromatic N) is 1. The van der Waals surface area contributed by atoms with Crippen molar-refractivity contribution in [3.8, 4) is 0 Å². The standard InChI is InChI=1S/C25H40N4O6/c1-15-11-16(2)13-17(12-15)20(21(32)28-24(3,4)5)29(9-10-30)22(33)18(14-19(26)31)27-23(34)35-25(6,7)8/h11-13,18,20,30H,9-10,14H2,1-8H3,(H2,26,31)(H,27,34)(H,28,32). The van der Waals surface area contributed by atoms with Gasteiger partial charge in [0.2, 0.25) is 17.7 Å². The summed E-state index contributed by atoms with van der Waals surface area (Å²) < 4.78 is 5.23. The van der Waals surface area contributed by atoms with E-state index in [0.29, 0.717) is 5.56 Å². The monoisotopic (exact) mass is 492 g/mol. The number of carbonyl (C=O) groups excluding carboxylic acids is 4. The molecule has 0 aromatic heterocycles. The molecular formula is C25H40N4O6. The Hall–Kier alpha value is -3.14. The molecule has 0 radical (unpaired) electrons. The summed E-state index contributed by atoms with van der Waals surface area (Å²) in [5.74, 6) is -2.05. The Morgan fingerprint density at radius 2 is 1.57 bits per heavy atom. The number of aryl methyl sites for hydroxylation is 2. The van der Waals surface area contributed by atoms with Crippen LogP contribution in [0.25, 0.3) is 0 Å². The second-order valence-corrected chi connectivity index (χ2v) is 10.7. The van der Waals surface area contributed by atoms with E-state index >= 15 is 0 Å². The number of nitrogens with one attached hydrogen (secondary N) is 2. The number of rotatable bonds is 9. The van der Waals surface area contributed by atoms with Gasteiger partial charge in [0.1, 0.15) is 17.7 Å². The number of nitrogens with two attached hydrogens (primary N) is 1. The molecule has 0 aliphatic carbocycles. The van der Waals surface area contributed by atoms with Gasteiger partial charge in [0, 0.05) is 12.1 Å². The molecular weight excluding hydrogens is 452 g/mol. The van der Waals surface area contributed by atoms with E-state index in [1.165, 1.54) is 0 Å². The van der Waals surface area contributed by atoms with E-state index in [4.69, 9.17) is 10.5 Å². The highest BCUT2D eigenvalue weighted by molar-refractivity contribution is 5.94. The maximum absolute atomic E-state index is 13.7. The predicted molar refractivity (Wildman–Crippen MR) is 132 cm³/mol. The fourth-order valence-corrected chi connectivity index (χ4v) is 3.60. The number of amides is 4. The van der Waals surface area contributed by atoms with Gasteiger partial charge >= 0.3 is 6.09 Å². The van der Waals surface area contributed by atoms with Gasteiger partial charge in [-0.1, -0.05) is 29.3 Å². The third-order valence-electron chi connectivity index (χ3n) is 4.64. The molecule has 10 nitrogen and oxygen atoms in total. The van der Waals surface area contributed by atoms with Crippen molar-refractivity contribution < 1.29 is 29.0 Å². The second-order valence-electron chi connectivity index (χ2n) is 10.7. The molecule has 35 heavy (non-hydrogen) atoms. The number of aliphatic hydroxyl groups excluding tert-OH is 1. The van der Waals surface area contributed by atoms with Crippen LogP contribution >= 0.6 is 0 Å². The lowest BCUT2D eigenvalue weighted by atomic mass is 9.97. The zero-order chi connectivity index (χ0) is 27.1. The Balaban J connectivity index is 3.54. The van der Waals surface area contributed by atoms with E-state index in [1.54, 1.807) is 32.9 Å². The van der Waals surface area contributed by atoms with Crippen molar-refractivity contribution >= 4 is 23.8 Å². The van der Waals surface area contributed by atoms with Gasteiger partial charge < -0.3 is 31.1 Å². The molecule has 0 bridgehead atoms. The third kappa shape index (κ3) is 10.3. The molecule has 5 N–H and O–H groups in total. The minimum Gasteiger partial charge on any atom is -0.444 e. The number of ether oxygens (including phenoxy) is 1. The number of primary amides is 1. The minimum atomic E-state index is -1.40. The molecule has 0 aliphatic heterocycles. The summed E-state index contributed by atoms with van der Waals surface area (Å²) in [6.07, 6.45) is -1.43. The first kappa shape index (κ1) is 29.9. The van der Waals surface area contributed by atoms with Gasteiger partial charge in [0.25, 0.3) is 0 Å². The number of hydrogen-bond donors (Lipinski definition) is 4. The van der Waals surface area contributed by atoms with Crippen molar-refractivity contribution in [3.05, 3.63) is 34.9 Å². The normalized spacial score (nSPS) is 13.4.